The summed E-state index contributed by atoms with van der Waals surface area (Å²) in [5, 5.41) is 7.47. The topological polar surface area (TPSA) is 64.8 Å². The van der Waals surface area contributed by atoms with Gasteiger partial charge in [-0.2, -0.15) is 0 Å². The highest BCUT2D eigenvalue weighted by Crippen LogP contribution is 2.17. The zero-order chi connectivity index (χ0) is 13.1. The van der Waals surface area contributed by atoms with Crippen LogP contribution in [-0.4, -0.2) is 23.2 Å². The quantitative estimate of drug-likeness (QED) is 0.749. The molecule has 0 spiro atoms. The molecule has 5 nitrogen and oxygen atoms in total. The lowest BCUT2D eigenvalue weighted by molar-refractivity contribution is 0.469. The van der Waals surface area contributed by atoms with Gasteiger partial charge in [0.1, 0.15) is 5.82 Å². The molecule has 0 saturated carbocycles. The molecule has 0 atom stereocenters. The second-order valence-corrected chi connectivity index (χ2v) is 6.90. The average molecular weight is 280 g/mol. The maximum absolute atomic E-state index is 11.4. The highest BCUT2D eigenvalue weighted by atomic mass is 35.7. The van der Waals surface area contributed by atoms with Gasteiger partial charge in [-0.3, -0.25) is 0 Å². The van der Waals surface area contributed by atoms with Crippen LogP contribution in [0.1, 0.15) is 39.4 Å². The van der Waals surface area contributed by atoms with Gasteiger partial charge in [-0.15, -0.1) is 10.2 Å². The van der Waals surface area contributed by atoms with Gasteiger partial charge in [0.25, 0.3) is 14.2 Å². The summed E-state index contributed by atoms with van der Waals surface area (Å²) in [7, 11) is 1.52. The molecule has 0 amide bonds. The number of halogens is 1. The number of unbranched alkanes of at least 4 members (excludes halogenated alkanes) is 1. The van der Waals surface area contributed by atoms with Crippen LogP contribution < -0.4 is 0 Å². The van der Waals surface area contributed by atoms with Crippen molar-refractivity contribution in [2.75, 3.05) is 0 Å². The maximum Gasteiger partial charge on any atom is 0.296 e. The van der Waals surface area contributed by atoms with Crippen molar-refractivity contribution in [1.82, 2.24) is 14.8 Å². The number of hydrogen-bond acceptors (Lipinski definition) is 4. The summed E-state index contributed by atoms with van der Waals surface area (Å²) in [5.41, 5.74) is 0. The molecule has 17 heavy (non-hydrogen) atoms. The van der Waals surface area contributed by atoms with Crippen LogP contribution in [-0.2, 0) is 22.0 Å². The lowest BCUT2D eigenvalue weighted by Crippen LogP contribution is -2.13. The Morgan fingerprint density at radius 2 is 2.00 bits per heavy atom. The Labute approximate surface area is 107 Å². The third-order valence-electron chi connectivity index (χ3n) is 2.31. The van der Waals surface area contributed by atoms with E-state index in [1.54, 1.807) is 4.57 Å². The third kappa shape index (κ3) is 3.96. The van der Waals surface area contributed by atoms with Crippen LogP contribution in [0, 0.1) is 5.92 Å². The average Bonchev–Trinajstić information content (AvgIpc) is 2.56. The summed E-state index contributed by atoms with van der Waals surface area (Å²) < 4.78 is 24.3. The van der Waals surface area contributed by atoms with Crippen molar-refractivity contribution in [3.63, 3.8) is 0 Å². The Morgan fingerprint density at radius 3 is 2.47 bits per heavy atom. The fraction of sp³-hybridized carbons (Fsp3) is 0.800. The molecular formula is C10H18ClN3O2S. The molecule has 0 radical (unpaired) electrons. The summed E-state index contributed by atoms with van der Waals surface area (Å²) in [5.74, 6) is 1.00. The van der Waals surface area contributed by atoms with Crippen molar-refractivity contribution in [2.24, 2.45) is 5.92 Å². The molecule has 0 aromatic carbocycles. The molecule has 0 fully saturated rings. The number of nitrogens with zero attached hydrogens (tertiary/aromatic N) is 3. The van der Waals surface area contributed by atoms with E-state index in [0.29, 0.717) is 18.3 Å². The zero-order valence-corrected chi connectivity index (χ0v) is 11.9. The third-order valence-corrected chi connectivity index (χ3v) is 3.47. The van der Waals surface area contributed by atoms with Gasteiger partial charge in [0.15, 0.2) is 0 Å². The summed E-state index contributed by atoms with van der Waals surface area (Å²) >= 11 is 0. The molecule has 98 valence electrons. The first kappa shape index (κ1) is 14.4. The monoisotopic (exact) mass is 279 g/mol. The molecular weight excluding hydrogens is 262 g/mol. The molecule has 0 N–H and O–H groups in total. The second-order valence-electron chi connectivity index (χ2n) is 4.44. The molecule has 0 aliphatic rings. The first-order chi connectivity index (χ1) is 7.86. The fourth-order valence-corrected chi connectivity index (χ4v) is 2.49. The van der Waals surface area contributed by atoms with Crippen molar-refractivity contribution in [1.29, 1.82) is 0 Å². The van der Waals surface area contributed by atoms with Crippen LogP contribution in [0.2, 0.25) is 0 Å². The minimum Gasteiger partial charge on any atom is -0.301 e. The van der Waals surface area contributed by atoms with E-state index in [1.165, 1.54) is 0 Å². The summed E-state index contributed by atoms with van der Waals surface area (Å²) in [6.45, 7) is 6.65. The molecule has 1 aromatic rings. The molecule has 0 saturated heterocycles. The Bertz CT molecular complexity index is 468. The second kappa shape index (κ2) is 5.82. The number of hydrogen-bond donors (Lipinski definition) is 0. The zero-order valence-electron chi connectivity index (χ0n) is 10.4. The Morgan fingerprint density at radius 1 is 1.35 bits per heavy atom. The van der Waals surface area contributed by atoms with E-state index >= 15 is 0 Å². The van der Waals surface area contributed by atoms with E-state index in [9.17, 15) is 8.42 Å². The Kier molecular flexibility index (Phi) is 4.94. The van der Waals surface area contributed by atoms with Crippen LogP contribution in [0.25, 0.3) is 0 Å². The Hall–Kier alpha value is -0.620. The number of aromatic nitrogens is 3. The van der Waals surface area contributed by atoms with E-state index < -0.39 is 9.05 Å². The van der Waals surface area contributed by atoms with Crippen LogP contribution in [0.3, 0.4) is 0 Å². The van der Waals surface area contributed by atoms with Gasteiger partial charge in [0.2, 0.25) is 0 Å². The highest BCUT2D eigenvalue weighted by molar-refractivity contribution is 8.13. The SMILES string of the molecule is CCCCc1nnc(S(=O)(=O)Cl)n1CC(C)C. The molecule has 1 heterocycles. The molecule has 0 bridgehead atoms. The van der Waals surface area contributed by atoms with E-state index in [-0.39, 0.29) is 5.16 Å². The van der Waals surface area contributed by atoms with Gasteiger partial charge in [-0.25, -0.2) is 8.42 Å². The van der Waals surface area contributed by atoms with Gasteiger partial charge < -0.3 is 4.57 Å². The van der Waals surface area contributed by atoms with Gasteiger partial charge in [0.05, 0.1) is 0 Å². The van der Waals surface area contributed by atoms with Gasteiger partial charge in [-0.1, -0.05) is 27.2 Å². The van der Waals surface area contributed by atoms with Crippen molar-refractivity contribution in [3.8, 4) is 0 Å². The first-order valence-electron chi connectivity index (χ1n) is 5.73. The predicted octanol–water partition coefficient (Wildman–Crippen LogP) is 2.20. The maximum atomic E-state index is 11.4. The number of aryl methyl sites for hydroxylation is 1. The molecule has 7 heteroatoms. The van der Waals surface area contributed by atoms with E-state index in [4.69, 9.17) is 10.7 Å². The number of rotatable bonds is 6. The van der Waals surface area contributed by atoms with Crippen molar-refractivity contribution in [2.45, 2.75) is 51.7 Å². The van der Waals surface area contributed by atoms with Crippen LogP contribution in [0.15, 0.2) is 5.16 Å². The molecule has 0 unspecified atom stereocenters. The molecule has 1 rings (SSSR count). The van der Waals surface area contributed by atoms with Crippen LogP contribution >= 0.6 is 10.7 Å². The predicted molar refractivity (Wildman–Crippen MR) is 66.5 cm³/mol. The van der Waals surface area contributed by atoms with Gasteiger partial charge >= 0.3 is 0 Å². The van der Waals surface area contributed by atoms with E-state index in [2.05, 4.69) is 17.1 Å². The standard InChI is InChI=1S/C10H18ClN3O2S/c1-4-5-6-9-12-13-10(17(11,15)16)14(9)7-8(2)3/h8H,4-7H2,1-3H3. The smallest absolute Gasteiger partial charge is 0.296 e. The molecule has 0 aliphatic carbocycles. The van der Waals surface area contributed by atoms with Gasteiger partial charge in [-0.05, 0) is 12.3 Å². The van der Waals surface area contributed by atoms with Crippen LogP contribution in [0.4, 0.5) is 0 Å². The molecule has 1 aromatic heterocycles. The summed E-state index contributed by atoms with van der Waals surface area (Å²) in [6.07, 6.45) is 2.71. The van der Waals surface area contributed by atoms with Crippen LogP contribution in [0.5, 0.6) is 0 Å². The lowest BCUT2D eigenvalue weighted by atomic mass is 10.2. The first-order valence-corrected chi connectivity index (χ1v) is 8.04. The van der Waals surface area contributed by atoms with Gasteiger partial charge in [0, 0.05) is 23.6 Å². The summed E-state index contributed by atoms with van der Waals surface area (Å²) in [4.78, 5) is 0. The minimum absolute atomic E-state index is 0.140. The Balaban J connectivity index is 3.11. The van der Waals surface area contributed by atoms with E-state index in [1.807, 2.05) is 13.8 Å². The largest absolute Gasteiger partial charge is 0.301 e. The van der Waals surface area contributed by atoms with Crippen molar-refractivity contribution in [3.05, 3.63) is 5.82 Å². The minimum atomic E-state index is -3.82. The lowest BCUT2D eigenvalue weighted by Gasteiger charge is -2.10. The summed E-state index contributed by atoms with van der Waals surface area (Å²) in [6, 6.07) is 0. The fourth-order valence-electron chi connectivity index (χ4n) is 1.57. The van der Waals surface area contributed by atoms with Crippen molar-refractivity contribution < 1.29 is 8.42 Å². The normalized spacial score (nSPS) is 12.3. The molecule has 0 aliphatic heterocycles. The van der Waals surface area contributed by atoms with Crippen molar-refractivity contribution >= 4 is 19.7 Å². The highest BCUT2D eigenvalue weighted by Gasteiger charge is 2.22. The van der Waals surface area contributed by atoms with E-state index in [0.717, 1.165) is 19.3 Å².